The molecule has 0 aliphatic carbocycles. The fraction of sp³-hybridized carbons (Fsp3) is 0.682. The number of methoxy groups -OCH3 is 2. The molecule has 1 amide bonds. The molecule has 0 unspecified atom stereocenters. The standard InChI is InChI=1S/C22H33FN2O4/c1-4-29-21(26)25-11-7-17(8-12-25)16-24-13-9-22(28-3,10-14-24)19-15-18(23)5-6-20(19)27-2/h5-6,15,17H,4,7-14,16H2,1-3H3. The number of nitrogens with zero attached hydrogens (tertiary/aromatic N) is 2. The number of carbonyl (C=O) groups is 1. The maximum atomic E-state index is 13.9. The predicted molar refractivity (Wildman–Crippen MR) is 109 cm³/mol. The Hall–Kier alpha value is -1.86. The maximum absolute atomic E-state index is 13.9. The molecule has 2 fully saturated rings. The molecule has 1 aromatic carbocycles. The lowest BCUT2D eigenvalue weighted by Crippen LogP contribution is -2.47. The topological polar surface area (TPSA) is 51.2 Å². The second kappa shape index (κ2) is 9.76. The van der Waals surface area contributed by atoms with E-state index in [0.29, 0.717) is 18.3 Å². The molecule has 2 saturated heterocycles. The van der Waals surface area contributed by atoms with Crippen LogP contribution in [0.3, 0.4) is 0 Å². The van der Waals surface area contributed by atoms with E-state index >= 15 is 0 Å². The van der Waals surface area contributed by atoms with E-state index in [1.807, 2.05) is 11.8 Å². The molecule has 7 heteroatoms. The fourth-order valence-electron chi connectivity index (χ4n) is 4.59. The van der Waals surface area contributed by atoms with Gasteiger partial charge in [0.15, 0.2) is 0 Å². The number of hydrogen-bond acceptors (Lipinski definition) is 5. The first kappa shape index (κ1) is 21.8. The number of benzene rings is 1. The average molecular weight is 409 g/mol. The highest BCUT2D eigenvalue weighted by atomic mass is 19.1. The minimum absolute atomic E-state index is 0.196. The maximum Gasteiger partial charge on any atom is 0.409 e. The second-order valence-electron chi connectivity index (χ2n) is 7.97. The molecule has 1 aromatic rings. The molecule has 0 N–H and O–H groups in total. The van der Waals surface area contributed by atoms with E-state index in [9.17, 15) is 9.18 Å². The molecule has 0 radical (unpaired) electrons. The number of likely N-dealkylation sites (tertiary alicyclic amines) is 2. The quantitative estimate of drug-likeness (QED) is 0.719. The minimum Gasteiger partial charge on any atom is -0.496 e. The summed E-state index contributed by atoms with van der Waals surface area (Å²) in [6, 6.07) is 4.64. The highest BCUT2D eigenvalue weighted by Gasteiger charge is 2.39. The van der Waals surface area contributed by atoms with Crippen molar-refractivity contribution in [1.29, 1.82) is 0 Å². The molecule has 0 bridgehead atoms. The molecule has 2 aliphatic rings. The van der Waals surface area contributed by atoms with E-state index in [1.165, 1.54) is 6.07 Å². The van der Waals surface area contributed by atoms with Crippen LogP contribution in [0.4, 0.5) is 9.18 Å². The van der Waals surface area contributed by atoms with Gasteiger partial charge in [0.05, 0.1) is 19.3 Å². The highest BCUT2D eigenvalue weighted by Crippen LogP contribution is 2.41. The van der Waals surface area contributed by atoms with Crippen LogP contribution >= 0.6 is 0 Å². The number of amides is 1. The number of piperidine rings is 2. The molecule has 0 spiro atoms. The first-order chi connectivity index (χ1) is 14.0. The van der Waals surface area contributed by atoms with E-state index in [0.717, 1.165) is 64.0 Å². The molecule has 0 saturated carbocycles. The minimum atomic E-state index is -0.517. The van der Waals surface area contributed by atoms with Gasteiger partial charge in [0.1, 0.15) is 11.6 Å². The third-order valence-corrected chi connectivity index (χ3v) is 6.36. The first-order valence-corrected chi connectivity index (χ1v) is 10.5. The van der Waals surface area contributed by atoms with Crippen molar-refractivity contribution < 1.29 is 23.4 Å². The van der Waals surface area contributed by atoms with Crippen molar-refractivity contribution in [2.45, 2.75) is 38.2 Å². The zero-order chi connectivity index (χ0) is 20.9. The Labute approximate surface area is 172 Å². The monoisotopic (exact) mass is 408 g/mol. The lowest BCUT2D eigenvalue weighted by atomic mass is 9.83. The normalized spacial score (nSPS) is 20.5. The number of ether oxygens (including phenoxy) is 3. The van der Waals surface area contributed by atoms with Crippen LogP contribution in [0.2, 0.25) is 0 Å². The Morgan fingerprint density at radius 2 is 1.86 bits per heavy atom. The van der Waals surface area contributed by atoms with Crippen molar-refractivity contribution in [1.82, 2.24) is 9.80 Å². The van der Waals surface area contributed by atoms with E-state index in [4.69, 9.17) is 14.2 Å². The van der Waals surface area contributed by atoms with Gasteiger partial charge in [-0.2, -0.15) is 0 Å². The molecule has 29 heavy (non-hydrogen) atoms. The molecule has 162 valence electrons. The van der Waals surface area contributed by atoms with Gasteiger partial charge in [0, 0.05) is 45.4 Å². The number of halogens is 1. The van der Waals surface area contributed by atoms with Gasteiger partial charge in [-0.05, 0) is 56.7 Å². The van der Waals surface area contributed by atoms with Gasteiger partial charge in [-0.25, -0.2) is 9.18 Å². The summed E-state index contributed by atoms with van der Waals surface area (Å²) in [6.45, 7) is 6.60. The van der Waals surface area contributed by atoms with Gasteiger partial charge in [-0.3, -0.25) is 0 Å². The van der Waals surface area contributed by atoms with Crippen LogP contribution in [0.5, 0.6) is 5.75 Å². The van der Waals surface area contributed by atoms with E-state index < -0.39 is 5.60 Å². The molecule has 0 atom stereocenters. The van der Waals surface area contributed by atoms with Crippen LogP contribution in [0.1, 0.15) is 38.2 Å². The van der Waals surface area contributed by atoms with Gasteiger partial charge in [0.2, 0.25) is 0 Å². The molecule has 0 aromatic heterocycles. The number of hydrogen-bond donors (Lipinski definition) is 0. The molecule has 6 nitrogen and oxygen atoms in total. The molecule has 2 aliphatic heterocycles. The van der Waals surface area contributed by atoms with Crippen molar-refractivity contribution in [3.05, 3.63) is 29.6 Å². The van der Waals surface area contributed by atoms with Crippen molar-refractivity contribution in [2.75, 3.05) is 53.6 Å². The van der Waals surface area contributed by atoms with Crippen molar-refractivity contribution in [3.8, 4) is 5.75 Å². The third-order valence-electron chi connectivity index (χ3n) is 6.36. The summed E-state index contributed by atoms with van der Waals surface area (Å²) in [6.07, 6.45) is 3.40. The van der Waals surface area contributed by atoms with Crippen molar-refractivity contribution >= 4 is 6.09 Å². The molecular weight excluding hydrogens is 375 g/mol. The van der Waals surface area contributed by atoms with Gasteiger partial charge in [0.25, 0.3) is 0 Å². The van der Waals surface area contributed by atoms with Crippen LogP contribution in [0, 0.1) is 11.7 Å². The van der Waals surface area contributed by atoms with Gasteiger partial charge in [-0.1, -0.05) is 0 Å². The summed E-state index contributed by atoms with van der Waals surface area (Å²) in [7, 11) is 3.31. The Morgan fingerprint density at radius 1 is 1.17 bits per heavy atom. The van der Waals surface area contributed by atoms with Crippen LogP contribution in [0.15, 0.2) is 18.2 Å². The predicted octanol–water partition coefficient (Wildman–Crippen LogP) is 3.64. The van der Waals surface area contributed by atoms with E-state index in [-0.39, 0.29) is 11.9 Å². The Balaban J connectivity index is 1.55. The fourth-order valence-corrected chi connectivity index (χ4v) is 4.59. The van der Waals surface area contributed by atoms with Crippen molar-refractivity contribution in [3.63, 3.8) is 0 Å². The Morgan fingerprint density at radius 3 is 2.45 bits per heavy atom. The SMILES string of the molecule is CCOC(=O)N1CCC(CN2CCC(OC)(c3cc(F)ccc3OC)CC2)CC1. The van der Waals surface area contributed by atoms with Crippen molar-refractivity contribution in [2.24, 2.45) is 5.92 Å². The largest absolute Gasteiger partial charge is 0.496 e. The highest BCUT2D eigenvalue weighted by molar-refractivity contribution is 5.67. The van der Waals surface area contributed by atoms with E-state index in [1.54, 1.807) is 26.4 Å². The lowest BCUT2D eigenvalue weighted by molar-refractivity contribution is -0.0666. The Kier molecular flexibility index (Phi) is 7.35. The van der Waals surface area contributed by atoms with Gasteiger partial charge in [-0.15, -0.1) is 0 Å². The summed E-state index contributed by atoms with van der Waals surface area (Å²) in [4.78, 5) is 16.1. The second-order valence-corrected chi connectivity index (χ2v) is 7.97. The Bertz CT molecular complexity index is 683. The van der Waals surface area contributed by atoms with Crippen LogP contribution in [0.25, 0.3) is 0 Å². The zero-order valence-corrected chi connectivity index (χ0v) is 17.8. The smallest absolute Gasteiger partial charge is 0.409 e. The number of rotatable bonds is 6. The molecule has 2 heterocycles. The van der Waals surface area contributed by atoms with Crippen LogP contribution < -0.4 is 4.74 Å². The molecule has 3 rings (SSSR count). The summed E-state index contributed by atoms with van der Waals surface area (Å²) in [5.74, 6) is 0.987. The van der Waals surface area contributed by atoms with Gasteiger partial charge >= 0.3 is 6.09 Å². The summed E-state index contributed by atoms with van der Waals surface area (Å²) in [5.41, 5.74) is 0.280. The summed E-state index contributed by atoms with van der Waals surface area (Å²) in [5, 5.41) is 0. The molecular formula is C22H33FN2O4. The zero-order valence-electron chi connectivity index (χ0n) is 17.8. The van der Waals surface area contributed by atoms with Crippen LogP contribution in [-0.4, -0.2) is 69.4 Å². The third kappa shape index (κ3) is 5.01. The van der Waals surface area contributed by atoms with Crippen LogP contribution in [-0.2, 0) is 15.1 Å². The summed E-state index contributed by atoms with van der Waals surface area (Å²) < 4.78 is 30.4. The number of carbonyl (C=O) groups excluding carboxylic acids is 1. The van der Waals surface area contributed by atoms with Gasteiger partial charge < -0.3 is 24.0 Å². The van der Waals surface area contributed by atoms with E-state index in [2.05, 4.69) is 4.90 Å². The first-order valence-electron chi connectivity index (χ1n) is 10.5. The lowest BCUT2D eigenvalue weighted by Gasteiger charge is -2.43. The summed E-state index contributed by atoms with van der Waals surface area (Å²) >= 11 is 0. The average Bonchev–Trinajstić information content (AvgIpc) is 2.75.